The second-order valence-corrected chi connectivity index (χ2v) is 7.20. The zero-order valence-corrected chi connectivity index (χ0v) is 15.9. The number of carbonyl (C=O) groups excluding carboxylic acids is 2. The molecule has 1 atom stereocenters. The molecular weight excluding hydrogens is 408 g/mol. The van der Waals surface area contributed by atoms with Gasteiger partial charge in [-0.2, -0.15) is 5.10 Å². The van der Waals surface area contributed by atoms with E-state index in [1.54, 1.807) is 16.9 Å². The highest BCUT2D eigenvalue weighted by atomic mass is 79.9. The van der Waals surface area contributed by atoms with Gasteiger partial charge in [0.15, 0.2) is 0 Å². The lowest BCUT2D eigenvalue weighted by atomic mass is 9.90. The van der Waals surface area contributed by atoms with Gasteiger partial charge < -0.3 is 10.6 Å². The number of nitrogens with one attached hydrogen (secondary N) is 2. The van der Waals surface area contributed by atoms with Crippen molar-refractivity contribution in [2.75, 3.05) is 10.6 Å². The van der Waals surface area contributed by atoms with Crippen LogP contribution in [-0.4, -0.2) is 21.6 Å². The first-order valence-corrected chi connectivity index (χ1v) is 9.36. The number of hydrogen-bond donors (Lipinski definition) is 2. The standard InChI is InChI=1S/C20H17BrN4O2/c21-16-7-3-1-5-13(16)12-25-18(9-10-22-25)24-20(27)15-11-19(26)23-17-8-4-2-6-14(15)17/h1-10,15H,11-12H2,(H,23,26)(H,24,27)/t15-/m0/s1. The molecule has 1 aliphatic heterocycles. The van der Waals surface area contributed by atoms with Crippen molar-refractivity contribution in [3.8, 4) is 0 Å². The Hall–Kier alpha value is -2.93. The fourth-order valence-corrected chi connectivity index (χ4v) is 3.62. The summed E-state index contributed by atoms with van der Waals surface area (Å²) in [5, 5.41) is 10.1. The Morgan fingerprint density at radius 3 is 2.81 bits per heavy atom. The van der Waals surface area contributed by atoms with Crippen LogP contribution in [0.3, 0.4) is 0 Å². The number of anilines is 2. The van der Waals surface area contributed by atoms with Crippen LogP contribution < -0.4 is 10.6 Å². The third kappa shape index (κ3) is 3.64. The third-order valence-electron chi connectivity index (χ3n) is 4.56. The molecule has 1 aromatic heterocycles. The summed E-state index contributed by atoms with van der Waals surface area (Å²) in [5.41, 5.74) is 2.57. The van der Waals surface area contributed by atoms with Crippen molar-refractivity contribution in [2.45, 2.75) is 18.9 Å². The molecule has 0 bridgehead atoms. The molecule has 0 fully saturated rings. The van der Waals surface area contributed by atoms with E-state index in [4.69, 9.17) is 0 Å². The fourth-order valence-electron chi connectivity index (χ4n) is 3.21. The number of amides is 2. The van der Waals surface area contributed by atoms with E-state index < -0.39 is 5.92 Å². The summed E-state index contributed by atoms with van der Waals surface area (Å²) in [5.74, 6) is -0.303. The van der Waals surface area contributed by atoms with Gasteiger partial charge in [-0.05, 0) is 23.3 Å². The summed E-state index contributed by atoms with van der Waals surface area (Å²) in [4.78, 5) is 24.9. The second kappa shape index (κ2) is 7.36. The molecule has 2 amide bonds. The summed E-state index contributed by atoms with van der Waals surface area (Å²) >= 11 is 3.53. The Kier molecular flexibility index (Phi) is 4.77. The van der Waals surface area contributed by atoms with Crippen LogP contribution in [0.15, 0.2) is 65.3 Å². The molecule has 4 rings (SSSR count). The number of carbonyl (C=O) groups is 2. The van der Waals surface area contributed by atoms with Crippen molar-refractivity contribution in [3.05, 3.63) is 76.4 Å². The molecule has 27 heavy (non-hydrogen) atoms. The van der Waals surface area contributed by atoms with Gasteiger partial charge in [-0.3, -0.25) is 9.59 Å². The Bertz CT molecular complexity index is 1010. The molecular formula is C20H17BrN4O2. The van der Waals surface area contributed by atoms with Gasteiger partial charge in [-0.1, -0.05) is 52.3 Å². The molecule has 6 nitrogen and oxygen atoms in total. The molecule has 0 aliphatic carbocycles. The normalized spacial score (nSPS) is 15.7. The number of aromatic nitrogens is 2. The molecule has 0 unspecified atom stereocenters. The molecule has 0 spiro atoms. The minimum Gasteiger partial charge on any atom is -0.326 e. The maximum atomic E-state index is 12.9. The first-order valence-electron chi connectivity index (χ1n) is 8.56. The highest BCUT2D eigenvalue weighted by molar-refractivity contribution is 9.10. The van der Waals surface area contributed by atoms with Crippen molar-refractivity contribution < 1.29 is 9.59 Å². The number of benzene rings is 2. The highest BCUT2D eigenvalue weighted by Crippen LogP contribution is 2.32. The Morgan fingerprint density at radius 1 is 1.19 bits per heavy atom. The number of para-hydroxylation sites is 1. The molecule has 3 aromatic rings. The summed E-state index contributed by atoms with van der Waals surface area (Å²) in [7, 11) is 0. The number of fused-ring (bicyclic) bond motifs is 1. The minimum absolute atomic E-state index is 0.126. The molecule has 1 aliphatic rings. The van der Waals surface area contributed by atoms with E-state index in [1.807, 2.05) is 48.5 Å². The summed E-state index contributed by atoms with van der Waals surface area (Å²) < 4.78 is 2.71. The maximum absolute atomic E-state index is 12.9. The van der Waals surface area contributed by atoms with Crippen molar-refractivity contribution in [3.63, 3.8) is 0 Å². The van der Waals surface area contributed by atoms with Crippen LogP contribution in [0.25, 0.3) is 0 Å². The zero-order chi connectivity index (χ0) is 18.8. The Morgan fingerprint density at radius 2 is 1.96 bits per heavy atom. The lowest BCUT2D eigenvalue weighted by Crippen LogP contribution is -2.31. The van der Waals surface area contributed by atoms with Gasteiger partial charge in [0.25, 0.3) is 0 Å². The SMILES string of the molecule is O=C1C[C@H](C(=O)Nc2ccnn2Cc2ccccc2Br)c2ccccc2N1. The Balaban J connectivity index is 1.56. The van der Waals surface area contributed by atoms with Gasteiger partial charge >= 0.3 is 0 Å². The average Bonchev–Trinajstić information content (AvgIpc) is 3.09. The van der Waals surface area contributed by atoms with Gasteiger partial charge in [0, 0.05) is 22.6 Å². The van der Waals surface area contributed by atoms with E-state index in [9.17, 15) is 9.59 Å². The molecule has 2 aromatic carbocycles. The summed E-state index contributed by atoms with van der Waals surface area (Å²) in [6.07, 6.45) is 1.77. The van der Waals surface area contributed by atoms with E-state index >= 15 is 0 Å². The highest BCUT2D eigenvalue weighted by Gasteiger charge is 2.30. The van der Waals surface area contributed by atoms with Gasteiger partial charge in [-0.25, -0.2) is 4.68 Å². The number of nitrogens with zero attached hydrogens (tertiary/aromatic N) is 2. The van der Waals surface area contributed by atoms with Crippen molar-refractivity contribution >= 4 is 39.2 Å². The van der Waals surface area contributed by atoms with Crippen LogP contribution in [0.5, 0.6) is 0 Å². The van der Waals surface area contributed by atoms with Gasteiger partial charge in [-0.15, -0.1) is 0 Å². The van der Waals surface area contributed by atoms with E-state index in [-0.39, 0.29) is 18.2 Å². The topological polar surface area (TPSA) is 76.0 Å². The lowest BCUT2D eigenvalue weighted by Gasteiger charge is -2.24. The van der Waals surface area contributed by atoms with Crippen LogP contribution >= 0.6 is 15.9 Å². The smallest absolute Gasteiger partial charge is 0.233 e. The number of halogens is 1. The van der Waals surface area contributed by atoms with E-state index in [0.717, 1.165) is 15.6 Å². The lowest BCUT2D eigenvalue weighted by molar-refractivity contribution is -0.123. The quantitative estimate of drug-likeness (QED) is 0.669. The molecule has 136 valence electrons. The Labute approximate surface area is 164 Å². The van der Waals surface area contributed by atoms with Crippen LogP contribution in [-0.2, 0) is 16.1 Å². The third-order valence-corrected chi connectivity index (χ3v) is 5.34. The zero-order valence-electron chi connectivity index (χ0n) is 14.4. The van der Waals surface area contributed by atoms with Gasteiger partial charge in [0.2, 0.25) is 11.8 Å². The molecule has 2 heterocycles. The molecule has 7 heteroatoms. The van der Waals surface area contributed by atoms with Crippen molar-refractivity contribution in [1.29, 1.82) is 0 Å². The molecule has 0 saturated carbocycles. The maximum Gasteiger partial charge on any atom is 0.233 e. The van der Waals surface area contributed by atoms with Crippen LogP contribution in [0.1, 0.15) is 23.5 Å². The first-order chi connectivity index (χ1) is 13.1. The minimum atomic E-state index is -0.526. The van der Waals surface area contributed by atoms with Crippen LogP contribution in [0.2, 0.25) is 0 Å². The van der Waals surface area contributed by atoms with E-state index in [0.29, 0.717) is 18.1 Å². The first kappa shape index (κ1) is 17.5. The fraction of sp³-hybridized carbons (Fsp3) is 0.150. The molecule has 0 saturated heterocycles. The van der Waals surface area contributed by atoms with Crippen molar-refractivity contribution in [2.24, 2.45) is 0 Å². The second-order valence-electron chi connectivity index (χ2n) is 6.35. The molecule has 0 radical (unpaired) electrons. The van der Waals surface area contributed by atoms with Crippen LogP contribution in [0.4, 0.5) is 11.5 Å². The number of hydrogen-bond acceptors (Lipinski definition) is 3. The average molecular weight is 425 g/mol. The van der Waals surface area contributed by atoms with Gasteiger partial charge in [0.05, 0.1) is 18.7 Å². The van der Waals surface area contributed by atoms with Gasteiger partial charge in [0.1, 0.15) is 5.82 Å². The van der Waals surface area contributed by atoms with Crippen molar-refractivity contribution in [1.82, 2.24) is 9.78 Å². The predicted molar refractivity (Wildman–Crippen MR) is 107 cm³/mol. The molecule has 2 N–H and O–H groups in total. The largest absolute Gasteiger partial charge is 0.326 e. The number of rotatable bonds is 4. The summed E-state index contributed by atoms with van der Waals surface area (Å²) in [6.45, 7) is 0.520. The summed E-state index contributed by atoms with van der Waals surface area (Å²) in [6, 6.07) is 17.0. The van der Waals surface area contributed by atoms with E-state index in [1.165, 1.54) is 0 Å². The van der Waals surface area contributed by atoms with Crippen LogP contribution in [0, 0.1) is 0 Å². The van der Waals surface area contributed by atoms with E-state index in [2.05, 4.69) is 31.7 Å². The predicted octanol–water partition coefficient (Wildman–Crippen LogP) is 3.76. The monoisotopic (exact) mass is 424 g/mol.